The molecule has 0 radical (unpaired) electrons. The summed E-state index contributed by atoms with van der Waals surface area (Å²) in [5.74, 6) is 0. The minimum Gasteiger partial charge on any atom is -0.472 e. The Kier molecular flexibility index (Phi) is 2.84. The molecule has 0 aliphatic heterocycles. The maximum absolute atomic E-state index is 5.84. The Hall–Kier alpha value is -1.74. The Morgan fingerprint density at radius 2 is 2.28 bits per heavy atom. The van der Waals surface area contributed by atoms with Gasteiger partial charge in [0.25, 0.3) is 0 Å². The highest BCUT2D eigenvalue weighted by Gasteiger charge is 2.25. The summed E-state index contributed by atoms with van der Waals surface area (Å²) in [5, 5.41) is 0. The normalized spacial score (nSPS) is 18.2. The summed E-state index contributed by atoms with van der Waals surface area (Å²) in [4.78, 5) is 2.38. The Morgan fingerprint density at radius 1 is 1.39 bits per heavy atom. The number of aryl methyl sites for hydroxylation is 1. The Bertz CT molecular complexity index is 533. The third-order valence-electron chi connectivity index (χ3n) is 3.76. The molecule has 0 bridgehead atoms. The standard InChI is InChI=1S/C15H18N2O/c1-17(9-11-6-7-18-10-11)15-5-2-12-8-13(16)3-4-14(12)15/h3-4,6-8,10,15H,2,5,9,16H2,1H3. The SMILES string of the molecule is CN(Cc1ccoc1)C1CCc2cc(N)ccc21. The molecule has 2 aromatic rings. The lowest BCUT2D eigenvalue weighted by molar-refractivity contribution is 0.235. The average Bonchev–Trinajstić information content (AvgIpc) is 2.97. The molecule has 1 heterocycles. The van der Waals surface area contributed by atoms with Crippen LogP contribution in [0, 0.1) is 0 Å². The van der Waals surface area contributed by atoms with E-state index in [0.29, 0.717) is 6.04 Å². The number of rotatable bonds is 3. The molecule has 1 aromatic carbocycles. The summed E-state index contributed by atoms with van der Waals surface area (Å²) < 4.78 is 5.12. The fourth-order valence-electron chi connectivity index (χ4n) is 2.85. The van der Waals surface area contributed by atoms with E-state index in [9.17, 15) is 0 Å². The zero-order valence-electron chi connectivity index (χ0n) is 10.6. The van der Waals surface area contributed by atoms with Gasteiger partial charge in [0.15, 0.2) is 0 Å². The third-order valence-corrected chi connectivity index (χ3v) is 3.76. The number of nitrogens with two attached hydrogens (primary N) is 1. The van der Waals surface area contributed by atoms with Crippen molar-refractivity contribution >= 4 is 5.69 Å². The molecular formula is C15H18N2O. The van der Waals surface area contributed by atoms with Crippen LogP contribution in [-0.4, -0.2) is 11.9 Å². The molecular weight excluding hydrogens is 224 g/mol. The van der Waals surface area contributed by atoms with Crippen LogP contribution in [0.15, 0.2) is 41.2 Å². The summed E-state index contributed by atoms with van der Waals surface area (Å²) in [6.45, 7) is 0.922. The molecule has 0 saturated carbocycles. The molecule has 3 nitrogen and oxygen atoms in total. The minimum absolute atomic E-state index is 0.496. The van der Waals surface area contributed by atoms with E-state index in [2.05, 4.69) is 24.1 Å². The van der Waals surface area contributed by atoms with Crippen molar-refractivity contribution in [3.63, 3.8) is 0 Å². The molecule has 1 atom stereocenters. The van der Waals surface area contributed by atoms with Gasteiger partial charge in [-0.2, -0.15) is 0 Å². The summed E-state index contributed by atoms with van der Waals surface area (Å²) in [5.41, 5.74) is 10.8. The number of nitrogens with zero attached hydrogens (tertiary/aromatic N) is 1. The van der Waals surface area contributed by atoms with Gasteiger partial charge in [0.05, 0.1) is 12.5 Å². The fraction of sp³-hybridized carbons (Fsp3) is 0.333. The number of furan rings is 1. The smallest absolute Gasteiger partial charge is 0.0947 e. The van der Waals surface area contributed by atoms with Gasteiger partial charge < -0.3 is 10.2 Å². The van der Waals surface area contributed by atoms with E-state index in [1.54, 1.807) is 6.26 Å². The van der Waals surface area contributed by atoms with Crippen LogP contribution in [0.3, 0.4) is 0 Å². The molecule has 0 fully saturated rings. The van der Waals surface area contributed by atoms with Gasteiger partial charge in [-0.1, -0.05) is 6.07 Å². The Balaban J connectivity index is 1.79. The number of fused-ring (bicyclic) bond motifs is 1. The van der Waals surface area contributed by atoms with Gasteiger partial charge in [-0.3, -0.25) is 4.90 Å². The molecule has 0 saturated heterocycles. The van der Waals surface area contributed by atoms with Crippen molar-refractivity contribution in [3.8, 4) is 0 Å². The molecule has 1 aliphatic carbocycles. The second kappa shape index (κ2) is 4.50. The zero-order chi connectivity index (χ0) is 12.5. The van der Waals surface area contributed by atoms with Crippen molar-refractivity contribution in [2.24, 2.45) is 0 Å². The summed E-state index contributed by atoms with van der Waals surface area (Å²) in [7, 11) is 2.17. The third kappa shape index (κ3) is 2.02. The maximum Gasteiger partial charge on any atom is 0.0947 e. The Morgan fingerprint density at radius 3 is 3.06 bits per heavy atom. The summed E-state index contributed by atoms with van der Waals surface area (Å²) >= 11 is 0. The first-order valence-corrected chi connectivity index (χ1v) is 6.33. The van der Waals surface area contributed by atoms with Crippen LogP contribution >= 0.6 is 0 Å². The highest BCUT2D eigenvalue weighted by atomic mass is 16.3. The quantitative estimate of drug-likeness (QED) is 0.841. The number of nitrogen functional groups attached to an aromatic ring is 1. The van der Waals surface area contributed by atoms with E-state index < -0.39 is 0 Å². The molecule has 18 heavy (non-hydrogen) atoms. The van der Waals surface area contributed by atoms with Crippen molar-refractivity contribution < 1.29 is 4.42 Å². The van der Waals surface area contributed by atoms with Gasteiger partial charge in [0, 0.05) is 23.8 Å². The van der Waals surface area contributed by atoms with Crippen molar-refractivity contribution in [2.75, 3.05) is 12.8 Å². The molecule has 1 aromatic heterocycles. The lowest BCUT2D eigenvalue weighted by Gasteiger charge is -2.24. The molecule has 3 heteroatoms. The van der Waals surface area contributed by atoms with Gasteiger partial charge in [0.1, 0.15) is 0 Å². The predicted molar refractivity (Wildman–Crippen MR) is 72.1 cm³/mol. The van der Waals surface area contributed by atoms with Crippen molar-refractivity contribution in [1.82, 2.24) is 4.90 Å². The fourth-order valence-corrected chi connectivity index (χ4v) is 2.85. The highest BCUT2D eigenvalue weighted by molar-refractivity contribution is 5.47. The first-order chi connectivity index (χ1) is 8.74. The highest BCUT2D eigenvalue weighted by Crippen LogP contribution is 2.36. The number of benzene rings is 1. The number of hydrogen-bond donors (Lipinski definition) is 1. The van der Waals surface area contributed by atoms with Crippen LogP contribution in [-0.2, 0) is 13.0 Å². The largest absolute Gasteiger partial charge is 0.472 e. The van der Waals surface area contributed by atoms with Gasteiger partial charge >= 0.3 is 0 Å². The molecule has 2 N–H and O–H groups in total. The van der Waals surface area contributed by atoms with Crippen LogP contribution in [0.25, 0.3) is 0 Å². The maximum atomic E-state index is 5.84. The summed E-state index contributed by atoms with van der Waals surface area (Å²) in [6.07, 6.45) is 5.84. The van der Waals surface area contributed by atoms with Crippen LogP contribution in [0.4, 0.5) is 5.69 Å². The van der Waals surface area contributed by atoms with Crippen molar-refractivity contribution in [2.45, 2.75) is 25.4 Å². The molecule has 3 rings (SSSR count). The number of hydrogen-bond acceptors (Lipinski definition) is 3. The molecule has 1 unspecified atom stereocenters. The lowest BCUT2D eigenvalue weighted by atomic mass is 10.1. The topological polar surface area (TPSA) is 42.4 Å². The van der Waals surface area contributed by atoms with Crippen LogP contribution in [0.2, 0.25) is 0 Å². The van der Waals surface area contributed by atoms with E-state index in [-0.39, 0.29) is 0 Å². The molecule has 0 amide bonds. The van der Waals surface area contributed by atoms with Gasteiger partial charge in [-0.25, -0.2) is 0 Å². The molecule has 94 valence electrons. The second-order valence-corrected chi connectivity index (χ2v) is 5.06. The first-order valence-electron chi connectivity index (χ1n) is 6.33. The van der Waals surface area contributed by atoms with E-state index in [4.69, 9.17) is 10.2 Å². The van der Waals surface area contributed by atoms with E-state index in [0.717, 1.165) is 18.7 Å². The van der Waals surface area contributed by atoms with Gasteiger partial charge in [0.2, 0.25) is 0 Å². The first kappa shape index (κ1) is 11.4. The van der Waals surface area contributed by atoms with E-state index >= 15 is 0 Å². The minimum atomic E-state index is 0.496. The second-order valence-electron chi connectivity index (χ2n) is 5.06. The van der Waals surface area contributed by atoms with Crippen LogP contribution in [0.5, 0.6) is 0 Å². The van der Waals surface area contributed by atoms with E-state index in [1.165, 1.54) is 23.1 Å². The van der Waals surface area contributed by atoms with Crippen LogP contribution < -0.4 is 5.73 Å². The van der Waals surface area contributed by atoms with Crippen LogP contribution in [0.1, 0.15) is 29.2 Å². The van der Waals surface area contributed by atoms with Gasteiger partial charge in [-0.05, 0) is 49.2 Å². The molecule has 1 aliphatic rings. The Labute approximate surface area is 107 Å². The predicted octanol–water partition coefficient (Wildman–Crippen LogP) is 2.98. The monoisotopic (exact) mass is 242 g/mol. The zero-order valence-corrected chi connectivity index (χ0v) is 10.6. The van der Waals surface area contributed by atoms with Crippen molar-refractivity contribution in [3.05, 3.63) is 53.5 Å². The van der Waals surface area contributed by atoms with E-state index in [1.807, 2.05) is 18.4 Å². The van der Waals surface area contributed by atoms with Crippen molar-refractivity contribution in [1.29, 1.82) is 0 Å². The lowest BCUT2D eigenvalue weighted by Crippen LogP contribution is -2.22. The summed E-state index contributed by atoms with van der Waals surface area (Å²) in [6, 6.07) is 8.81. The average molecular weight is 242 g/mol. The van der Waals surface area contributed by atoms with Gasteiger partial charge in [-0.15, -0.1) is 0 Å². The molecule has 0 spiro atoms. The number of anilines is 1.